The Morgan fingerprint density at radius 3 is 3.07 bits per heavy atom. The van der Waals surface area contributed by atoms with Crippen molar-refractivity contribution in [3.63, 3.8) is 0 Å². The lowest BCUT2D eigenvalue weighted by Gasteiger charge is -2.27. The second-order valence-electron chi connectivity index (χ2n) is 3.60. The smallest absolute Gasteiger partial charge is 0.180 e. The molecule has 1 fully saturated rings. The molecule has 0 amide bonds. The Hall–Kier alpha value is -0.650. The zero-order chi connectivity index (χ0) is 9.97. The van der Waals surface area contributed by atoms with Crippen molar-refractivity contribution in [1.29, 1.82) is 0 Å². The van der Waals surface area contributed by atoms with Crippen LogP contribution in [0.25, 0.3) is 0 Å². The van der Waals surface area contributed by atoms with E-state index in [2.05, 4.69) is 10.3 Å². The highest BCUT2D eigenvalue weighted by molar-refractivity contribution is 7.15. The topological polar surface area (TPSA) is 71.2 Å². The summed E-state index contributed by atoms with van der Waals surface area (Å²) in [5.74, 6) is 0. The van der Waals surface area contributed by atoms with Crippen LogP contribution in [0.4, 0.5) is 5.13 Å². The van der Waals surface area contributed by atoms with E-state index in [4.69, 9.17) is 5.73 Å². The van der Waals surface area contributed by atoms with E-state index in [0.717, 1.165) is 17.8 Å². The summed E-state index contributed by atoms with van der Waals surface area (Å²) in [5, 5.41) is 13.8. The van der Waals surface area contributed by atoms with Crippen molar-refractivity contribution in [2.24, 2.45) is 0 Å². The standard InChI is InChI=1S/C9H15N3OS/c10-9-12-5-7(14-9)8(13)6-3-1-2-4-11-6/h5-6,8,11,13H,1-4H2,(H2,10,12). The minimum absolute atomic E-state index is 0.170. The quantitative estimate of drug-likeness (QED) is 0.682. The van der Waals surface area contributed by atoms with E-state index in [1.165, 1.54) is 24.2 Å². The largest absolute Gasteiger partial charge is 0.386 e. The van der Waals surface area contributed by atoms with Crippen LogP contribution in [0, 0.1) is 0 Å². The molecule has 1 aliphatic rings. The fraction of sp³-hybridized carbons (Fsp3) is 0.667. The van der Waals surface area contributed by atoms with Gasteiger partial charge in [-0.25, -0.2) is 4.98 Å². The molecule has 2 atom stereocenters. The number of aromatic nitrogens is 1. The van der Waals surface area contributed by atoms with Crippen LogP contribution in [0.2, 0.25) is 0 Å². The van der Waals surface area contributed by atoms with Crippen LogP contribution >= 0.6 is 11.3 Å². The number of aliphatic hydroxyl groups is 1. The van der Waals surface area contributed by atoms with Gasteiger partial charge in [-0.05, 0) is 19.4 Å². The highest BCUT2D eigenvalue weighted by Crippen LogP contribution is 2.27. The number of nitrogens with two attached hydrogens (primary N) is 1. The summed E-state index contributed by atoms with van der Waals surface area (Å²) >= 11 is 1.37. The third-order valence-electron chi connectivity index (χ3n) is 2.56. The molecule has 1 aromatic rings. The molecule has 0 saturated carbocycles. The first kappa shape index (κ1) is 9.89. The molecule has 5 heteroatoms. The number of nitrogens with one attached hydrogen (secondary N) is 1. The second kappa shape index (κ2) is 4.25. The maximum Gasteiger partial charge on any atom is 0.180 e. The molecule has 4 N–H and O–H groups in total. The number of rotatable bonds is 2. The predicted octanol–water partition coefficient (Wildman–Crippen LogP) is 0.901. The first-order valence-electron chi connectivity index (χ1n) is 4.90. The Balaban J connectivity index is 2.03. The molecular formula is C9H15N3OS. The maximum absolute atomic E-state index is 10.0. The lowest BCUT2D eigenvalue weighted by molar-refractivity contribution is 0.117. The summed E-state index contributed by atoms with van der Waals surface area (Å²) in [6, 6.07) is 0.170. The first-order valence-corrected chi connectivity index (χ1v) is 5.71. The van der Waals surface area contributed by atoms with Gasteiger partial charge in [-0.2, -0.15) is 0 Å². The lowest BCUT2D eigenvalue weighted by Crippen LogP contribution is -2.38. The molecular weight excluding hydrogens is 198 g/mol. The second-order valence-corrected chi connectivity index (χ2v) is 4.70. The highest BCUT2D eigenvalue weighted by Gasteiger charge is 2.23. The normalized spacial score (nSPS) is 24.8. The minimum atomic E-state index is -0.454. The summed E-state index contributed by atoms with van der Waals surface area (Å²) in [5.41, 5.74) is 5.52. The number of aliphatic hydroxyl groups excluding tert-OH is 1. The van der Waals surface area contributed by atoms with Crippen LogP contribution in [0.15, 0.2) is 6.20 Å². The molecule has 1 aliphatic heterocycles. The number of nitrogen functional groups attached to an aromatic ring is 1. The molecule has 0 bridgehead atoms. The van der Waals surface area contributed by atoms with E-state index in [9.17, 15) is 5.11 Å². The molecule has 2 unspecified atom stereocenters. The van der Waals surface area contributed by atoms with Crippen LogP contribution in [0.3, 0.4) is 0 Å². The molecule has 2 heterocycles. The van der Waals surface area contributed by atoms with Crippen LogP contribution in [0.1, 0.15) is 30.2 Å². The number of thiazole rings is 1. The lowest BCUT2D eigenvalue weighted by atomic mass is 9.99. The number of piperidine rings is 1. The fourth-order valence-electron chi connectivity index (χ4n) is 1.78. The molecule has 4 nitrogen and oxygen atoms in total. The monoisotopic (exact) mass is 213 g/mol. The molecule has 0 radical (unpaired) electrons. The van der Waals surface area contributed by atoms with Gasteiger partial charge in [-0.3, -0.25) is 0 Å². The molecule has 14 heavy (non-hydrogen) atoms. The summed E-state index contributed by atoms with van der Waals surface area (Å²) < 4.78 is 0. The van der Waals surface area contributed by atoms with Gasteiger partial charge >= 0.3 is 0 Å². The maximum atomic E-state index is 10.0. The third kappa shape index (κ3) is 2.05. The summed E-state index contributed by atoms with van der Waals surface area (Å²) in [6.07, 6.45) is 4.63. The van der Waals surface area contributed by atoms with Crippen molar-refractivity contribution in [3.05, 3.63) is 11.1 Å². The van der Waals surface area contributed by atoms with Crippen LogP contribution < -0.4 is 11.1 Å². The van der Waals surface area contributed by atoms with E-state index in [1.54, 1.807) is 6.20 Å². The summed E-state index contributed by atoms with van der Waals surface area (Å²) in [7, 11) is 0. The number of nitrogens with zero attached hydrogens (tertiary/aromatic N) is 1. The van der Waals surface area contributed by atoms with Crippen molar-refractivity contribution >= 4 is 16.5 Å². The van der Waals surface area contributed by atoms with Gasteiger partial charge < -0.3 is 16.2 Å². The zero-order valence-corrected chi connectivity index (χ0v) is 8.76. The van der Waals surface area contributed by atoms with Crippen molar-refractivity contribution in [3.8, 4) is 0 Å². The van der Waals surface area contributed by atoms with Crippen LogP contribution in [-0.4, -0.2) is 22.7 Å². The highest BCUT2D eigenvalue weighted by atomic mass is 32.1. The van der Waals surface area contributed by atoms with Crippen molar-refractivity contribution in [2.45, 2.75) is 31.4 Å². The van der Waals surface area contributed by atoms with Crippen LogP contribution in [-0.2, 0) is 0 Å². The van der Waals surface area contributed by atoms with Crippen molar-refractivity contribution in [1.82, 2.24) is 10.3 Å². The molecule has 0 aliphatic carbocycles. The van der Waals surface area contributed by atoms with E-state index in [-0.39, 0.29) is 6.04 Å². The van der Waals surface area contributed by atoms with Gasteiger partial charge in [0.25, 0.3) is 0 Å². The Labute approximate surface area is 87.2 Å². The SMILES string of the molecule is Nc1ncc(C(O)C2CCCCN2)s1. The van der Waals surface area contributed by atoms with E-state index < -0.39 is 6.10 Å². The summed E-state index contributed by atoms with van der Waals surface area (Å²) in [6.45, 7) is 0.996. The third-order valence-corrected chi connectivity index (χ3v) is 3.46. The van der Waals surface area contributed by atoms with Crippen molar-refractivity contribution < 1.29 is 5.11 Å². The van der Waals surface area contributed by atoms with Crippen LogP contribution in [0.5, 0.6) is 0 Å². The van der Waals surface area contributed by atoms with E-state index in [0.29, 0.717) is 5.13 Å². The number of hydrogen-bond donors (Lipinski definition) is 3. The number of anilines is 1. The Kier molecular flexibility index (Phi) is 3.00. The first-order chi connectivity index (χ1) is 6.77. The Morgan fingerprint density at radius 2 is 2.50 bits per heavy atom. The van der Waals surface area contributed by atoms with E-state index in [1.807, 2.05) is 0 Å². The van der Waals surface area contributed by atoms with Crippen molar-refractivity contribution in [2.75, 3.05) is 12.3 Å². The summed E-state index contributed by atoms with van der Waals surface area (Å²) in [4.78, 5) is 4.80. The van der Waals surface area contributed by atoms with Gasteiger partial charge in [0.05, 0.1) is 4.88 Å². The molecule has 0 aromatic carbocycles. The fourth-order valence-corrected chi connectivity index (χ4v) is 2.52. The van der Waals surface area contributed by atoms with Gasteiger partial charge in [0.15, 0.2) is 5.13 Å². The average molecular weight is 213 g/mol. The Bertz CT molecular complexity index is 296. The van der Waals surface area contributed by atoms with Gasteiger partial charge in [-0.1, -0.05) is 17.8 Å². The molecule has 1 aromatic heterocycles. The minimum Gasteiger partial charge on any atom is -0.386 e. The van der Waals surface area contributed by atoms with Gasteiger partial charge in [0.2, 0.25) is 0 Å². The van der Waals surface area contributed by atoms with Gasteiger partial charge in [0.1, 0.15) is 6.10 Å². The molecule has 78 valence electrons. The molecule has 2 rings (SSSR count). The van der Waals surface area contributed by atoms with Gasteiger partial charge in [0, 0.05) is 12.2 Å². The number of hydrogen-bond acceptors (Lipinski definition) is 5. The van der Waals surface area contributed by atoms with E-state index >= 15 is 0 Å². The molecule has 1 saturated heterocycles. The zero-order valence-electron chi connectivity index (χ0n) is 7.94. The predicted molar refractivity (Wildman–Crippen MR) is 57.1 cm³/mol. The molecule has 0 spiro atoms. The van der Waals surface area contributed by atoms with Gasteiger partial charge in [-0.15, -0.1) is 0 Å². The average Bonchev–Trinajstić information content (AvgIpc) is 2.65. The Morgan fingerprint density at radius 1 is 1.64 bits per heavy atom.